The highest BCUT2D eigenvalue weighted by Gasteiger charge is 2.31. The summed E-state index contributed by atoms with van der Waals surface area (Å²) in [5.74, 6) is 0.857. The molecule has 1 N–H and O–H groups in total. The number of aliphatic imine (C=N–C) groups is 1. The number of anilines is 2. The Morgan fingerprint density at radius 1 is 0.848 bits per heavy atom. The van der Waals surface area contributed by atoms with Crippen molar-refractivity contribution in [1.82, 2.24) is 4.31 Å². The third-order valence-electron chi connectivity index (χ3n) is 5.78. The molecule has 0 spiro atoms. The Balaban J connectivity index is 1.44. The monoisotopic (exact) mass is 462 g/mol. The highest BCUT2D eigenvalue weighted by atomic mass is 32.2. The van der Waals surface area contributed by atoms with E-state index in [-0.39, 0.29) is 5.75 Å². The molecule has 3 aromatic rings. The summed E-state index contributed by atoms with van der Waals surface area (Å²) in [6, 6.07) is 24.8. The van der Waals surface area contributed by atoms with E-state index in [9.17, 15) is 9.32 Å². The van der Waals surface area contributed by atoms with Crippen molar-refractivity contribution >= 4 is 33.9 Å². The second-order valence-electron chi connectivity index (χ2n) is 7.90. The number of amidine groups is 1. The number of benzene rings is 3. The summed E-state index contributed by atoms with van der Waals surface area (Å²) >= 11 is 0. The highest BCUT2D eigenvalue weighted by molar-refractivity contribution is 7.82. The molecule has 2 saturated heterocycles. The molecule has 3 aromatic carbocycles. The van der Waals surface area contributed by atoms with Crippen LogP contribution in [0.3, 0.4) is 0 Å². The number of phenolic OH excluding ortho intramolecular Hbond substituents is 1. The molecular formula is C25H26N4O3S. The Morgan fingerprint density at radius 3 is 2.24 bits per heavy atom. The highest BCUT2D eigenvalue weighted by Crippen LogP contribution is 2.30. The van der Waals surface area contributed by atoms with Crippen LogP contribution in [0.4, 0.5) is 17.1 Å². The predicted molar refractivity (Wildman–Crippen MR) is 132 cm³/mol. The topological polar surface area (TPSA) is 68.6 Å². The summed E-state index contributed by atoms with van der Waals surface area (Å²) in [5, 5.41) is 10.2. The van der Waals surface area contributed by atoms with Crippen LogP contribution >= 0.6 is 0 Å². The zero-order valence-corrected chi connectivity index (χ0v) is 19.0. The molecule has 0 amide bonds. The van der Waals surface area contributed by atoms with Crippen LogP contribution in [0, 0.1) is 0 Å². The molecule has 33 heavy (non-hydrogen) atoms. The lowest BCUT2D eigenvalue weighted by Crippen LogP contribution is -2.36. The van der Waals surface area contributed by atoms with E-state index in [4.69, 9.17) is 9.73 Å². The van der Waals surface area contributed by atoms with Gasteiger partial charge in [-0.25, -0.2) is 9.20 Å². The SMILES string of the molecule is O=S(c1ccccc1)N1CC(=Nc2ccccc2O)N(c2ccc(N3CCOCC3)cc2)C1. The van der Waals surface area contributed by atoms with Crippen molar-refractivity contribution in [3.8, 4) is 5.75 Å². The summed E-state index contributed by atoms with van der Waals surface area (Å²) in [4.78, 5) is 9.86. The van der Waals surface area contributed by atoms with Crippen molar-refractivity contribution in [3.05, 3.63) is 78.9 Å². The fourth-order valence-electron chi connectivity index (χ4n) is 4.02. The molecule has 170 valence electrons. The van der Waals surface area contributed by atoms with Gasteiger partial charge in [0.1, 0.15) is 28.3 Å². The fraction of sp³-hybridized carbons (Fsp3) is 0.240. The van der Waals surface area contributed by atoms with E-state index >= 15 is 0 Å². The first-order valence-corrected chi connectivity index (χ1v) is 12.1. The van der Waals surface area contributed by atoms with E-state index in [1.54, 1.807) is 18.2 Å². The van der Waals surface area contributed by atoms with Crippen LogP contribution in [0.2, 0.25) is 0 Å². The van der Waals surface area contributed by atoms with Crippen molar-refractivity contribution in [1.29, 1.82) is 0 Å². The number of nitrogens with zero attached hydrogens (tertiary/aromatic N) is 4. The quantitative estimate of drug-likeness (QED) is 0.625. The molecule has 2 heterocycles. The van der Waals surface area contributed by atoms with Gasteiger partial charge >= 0.3 is 0 Å². The van der Waals surface area contributed by atoms with Gasteiger partial charge in [-0.2, -0.15) is 4.31 Å². The van der Waals surface area contributed by atoms with Gasteiger partial charge in [-0.05, 0) is 48.5 Å². The first-order valence-electron chi connectivity index (χ1n) is 11.0. The van der Waals surface area contributed by atoms with E-state index in [2.05, 4.69) is 34.1 Å². The van der Waals surface area contributed by atoms with E-state index in [1.807, 2.05) is 40.7 Å². The number of morpholine rings is 1. The molecule has 5 rings (SSSR count). The smallest absolute Gasteiger partial charge is 0.141 e. The van der Waals surface area contributed by atoms with Crippen LogP contribution in [0.5, 0.6) is 5.75 Å². The number of phenols is 1. The third kappa shape index (κ3) is 4.78. The molecular weight excluding hydrogens is 436 g/mol. The molecule has 0 saturated carbocycles. The van der Waals surface area contributed by atoms with E-state index in [1.165, 1.54) is 0 Å². The molecule has 2 aliphatic heterocycles. The molecule has 2 fully saturated rings. The molecule has 8 heteroatoms. The van der Waals surface area contributed by atoms with Gasteiger partial charge in [-0.3, -0.25) is 0 Å². The number of hydrogen-bond donors (Lipinski definition) is 1. The standard InChI is InChI=1S/C25H26N4O3S/c30-24-9-5-4-8-23(24)26-25-18-28(33(31)22-6-2-1-3-7-22)19-29(25)21-12-10-20(11-13-21)27-14-16-32-17-15-27/h1-13,30H,14-19H2. The van der Waals surface area contributed by atoms with Gasteiger partial charge in [0.05, 0.1) is 31.3 Å². The summed E-state index contributed by atoms with van der Waals surface area (Å²) < 4.78 is 20.6. The lowest BCUT2D eigenvalue weighted by atomic mass is 10.2. The van der Waals surface area contributed by atoms with Crippen molar-refractivity contribution in [2.75, 3.05) is 49.3 Å². The Hall–Kier alpha value is -3.20. The number of rotatable bonds is 5. The summed E-state index contributed by atoms with van der Waals surface area (Å²) in [7, 11) is -1.32. The van der Waals surface area contributed by atoms with Crippen LogP contribution < -0.4 is 9.80 Å². The second kappa shape index (κ2) is 9.74. The minimum absolute atomic E-state index is 0.121. The Bertz CT molecular complexity index is 1150. The lowest BCUT2D eigenvalue weighted by Gasteiger charge is -2.29. The summed E-state index contributed by atoms with van der Waals surface area (Å²) in [5.41, 5.74) is 2.62. The van der Waals surface area contributed by atoms with Crippen molar-refractivity contribution in [3.63, 3.8) is 0 Å². The lowest BCUT2D eigenvalue weighted by molar-refractivity contribution is 0.122. The molecule has 0 radical (unpaired) electrons. The number of ether oxygens (including phenoxy) is 1. The van der Waals surface area contributed by atoms with Gasteiger partial charge in [0.25, 0.3) is 0 Å². The van der Waals surface area contributed by atoms with Crippen LogP contribution in [-0.2, 0) is 15.7 Å². The zero-order chi connectivity index (χ0) is 22.6. The van der Waals surface area contributed by atoms with E-state index in [0.29, 0.717) is 18.9 Å². The van der Waals surface area contributed by atoms with Crippen LogP contribution in [0.25, 0.3) is 0 Å². The average molecular weight is 463 g/mol. The summed E-state index contributed by atoms with van der Waals surface area (Å²) in [6.45, 7) is 4.09. The van der Waals surface area contributed by atoms with Gasteiger partial charge < -0.3 is 19.6 Å². The van der Waals surface area contributed by atoms with E-state index < -0.39 is 11.0 Å². The summed E-state index contributed by atoms with van der Waals surface area (Å²) in [6.07, 6.45) is 0. The van der Waals surface area contributed by atoms with Crippen LogP contribution in [0.1, 0.15) is 0 Å². The second-order valence-corrected chi connectivity index (χ2v) is 9.39. The molecule has 0 bridgehead atoms. The molecule has 2 aliphatic rings. The molecule has 1 atom stereocenters. The van der Waals surface area contributed by atoms with Gasteiger partial charge in [-0.15, -0.1) is 0 Å². The van der Waals surface area contributed by atoms with Gasteiger partial charge in [-0.1, -0.05) is 30.3 Å². The molecule has 0 aliphatic carbocycles. The fourth-order valence-corrected chi connectivity index (χ4v) is 5.16. The minimum Gasteiger partial charge on any atom is -0.506 e. The maximum absolute atomic E-state index is 13.2. The third-order valence-corrected chi connectivity index (χ3v) is 7.17. The Labute approximate surface area is 196 Å². The number of aromatic hydroxyl groups is 1. The number of para-hydroxylation sites is 2. The maximum atomic E-state index is 13.2. The zero-order valence-electron chi connectivity index (χ0n) is 18.2. The predicted octanol–water partition coefficient (Wildman–Crippen LogP) is 3.76. The largest absolute Gasteiger partial charge is 0.506 e. The first kappa shape index (κ1) is 21.6. The maximum Gasteiger partial charge on any atom is 0.141 e. The first-order chi connectivity index (χ1) is 16.2. The Kier molecular flexibility index (Phi) is 6.39. The van der Waals surface area contributed by atoms with Crippen molar-refractivity contribution in [2.24, 2.45) is 4.99 Å². The Morgan fingerprint density at radius 2 is 1.52 bits per heavy atom. The van der Waals surface area contributed by atoms with Gasteiger partial charge in [0, 0.05) is 24.5 Å². The molecule has 0 aromatic heterocycles. The number of hydrogen-bond acceptors (Lipinski definition) is 5. The van der Waals surface area contributed by atoms with Crippen molar-refractivity contribution < 1.29 is 14.1 Å². The van der Waals surface area contributed by atoms with E-state index in [0.717, 1.165) is 48.4 Å². The minimum atomic E-state index is -1.32. The van der Waals surface area contributed by atoms with Gasteiger partial charge in [0.15, 0.2) is 0 Å². The van der Waals surface area contributed by atoms with Crippen LogP contribution in [-0.4, -0.2) is 59.0 Å². The normalized spacial score (nSPS) is 19.2. The molecule has 7 nitrogen and oxygen atoms in total. The van der Waals surface area contributed by atoms with Crippen molar-refractivity contribution in [2.45, 2.75) is 4.90 Å². The van der Waals surface area contributed by atoms with Gasteiger partial charge in [0.2, 0.25) is 0 Å². The molecule has 1 unspecified atom stereocenters. The van der Waals surface area contributed by atoms with Crippen LogP contribution in [0.15, 0.2) is 88.8 Å². The average Bonchev–Trinajstić information content (AvgIpc) is 3.30.